The molecule has 0 fully saturated rings. The molecule has 298 valence electrons. The SMILES string of the molecule is CC/C=C/C=C/C=C/C=C/C=C/C=C/C=C/CCCCCC(=O)OCC(COCCC(C(=O)[O-])[N+](C)(C)C)OC(=O)CCCCCC/C=C/CCCC. The predicted octanol–water partition coefficient (Wildman–Crippen LogP) is 9.01. The van der Waals surface area contributed by atoms with Crippen LogP contribution < -0.4 is 5.11 Å². The zero-order valence-electron chi connectivity index (χ0n) is 33.6. The van der Waals surface area contributed by atoms with Gasteiger partial charge in [0.25, 0.3) is 0 Å². The van der Waals surface area contributed by atoms with Gasteiger partial charge in [-0.2, -0.15) is 0 Å². The Hall–Kier alpha value is -3.75. The van der Waals surface area contributed by atoms with Gasteiger partial charge in [-0.1, -0.05) is 143 Å². The summed E-state index contributed by atoms with van der Waals surface area (Å²) in [6, 6.07) is -0.739. The van der Waals surface area contributed by atoms with Crippen LogP contribution >= 0.6 is 0 Å². The summed E-state index contributed by atoms with van der Waals surface area (Å²) in [6.07, 6.45) is 45.7. The molecule has 8 nitrogen and oxygen atoms in total. The molecule has 0 aromatic rings. The second kappa shape index (κ2) is 35.3. The van der Waals surface area contributed by atoms with Crippen LogP contribution in [0.25, 0.3) is 0 Å². The van der Waals surface area contributed by atoms with Crippen LogP contribution in [0, 0.1) is 0 Å². The first-order chi connectivity index (χ1) is 25.6. The molecule has 2 unspecified atom stereocenters. The van der Waals surface area contributed by atoms with Crippen molar-refractivity contribution in [2.75, 3.05) is 41.0 Å². The first-order valence-electron chi connectivity index (χ1n) is 19.9. The number of rotatable bonds is 33. The Labute approximate surface area is 322 Å². The minimum atomic E-state index is -1.14. The van der Waals surface area contributed by atoms with Crippen LogP contribution in [0.3, 0.4) is 0 Å². The van der Waals surface area contributed by atoms with Crippen molar-refractivity contribution in [3.63, 3.8) is 0 Å². The Morgan fingerprint density at radius 1 is 0.585 bits per heavy atom. The van der Waals surface area contributed by atoms with E-state index in [-0.39, 0.29) is 55.5 Å². The third-order valence-corrected chi connectivity index (χ3v) is 8.15. The van der Waals surface area contributed by atoms with Gasteiger partial charge in [-0.3, -0.25) is 9.59 Å². The molecule has 0 saturated heterocycles. The van der Waals surface area contributed by atoms with Crippen molar-refractivity contribution >= 4 is 17.9 Å². The average Bonchev–Trinajstić information content (AvgIpc) is 3.11. The number of carbonyl (C=O) groups is 3. The quantitative estimate of drug-likeness (QED) is 0.0218. The number of esters is 2. The van der Waals surface area contributed by atoms with Crippen LogP contribution in [0.1, 0.15) is 117 Å². The van der Waals surface area contributed by atoms with E-state index in [1.165, 1.54) is 12.8 Å². The molecular formula is C45H71NO7. The molecule has 0 saturated carbocycles. The molecule has 53 heavy (non-hydrogen) atoms. The molecule has 0 amide bonds. The van der Waals surface area contributed by atoms with Gasteiger partial charge in [0.2, 0.25) is 0 Å². The zero-order valence-corrected chi connectivity index (χ0v) is 33.6. The summed E-state index contributed by atoms with van der Waals surface area (Å²) < 4.78 is 17.0. The third kappa shape index (κ3) is 33.8. The van der Waals surface area contributed by atoms with Gasteiger partial charge in [-0.05, 0) is 51.4 Å². The number of hydrogen-bond donors (Lipinski definition) is 0. The molecule has 0 bridgehead atoms. The highest BCUT2D eigenvalue weighted by atomic mass is 16.6. The summed E-state index contributed by atoms with van der Waals surface area (Å²) in [5.74, 6) is -1.83. The Morgan fingerprint density at radius 2 is 1.08 bits per heavy atom. The maximum Gasteiger partial charge on any atom is 0.306 e. The smallest absolute Gasteiger partial charge is 0.306 e. The highest BCUT2D eigenvalue weighted by molar-refractivity contribution is 5.70. The molecular weight excluding hydrogens is 666 g/mol. The molecule has 8 heteroatoms. The number of quaternary nitrogens is 1. The van der Waals surface area contributed by atoms with Crippen molar-refractivity contribution in [1.29, 1.82) is 0 Å². The number of hydrogen-bond acceptors (Lipinski definition) is 7. The summed E-state index contributed by atoms with van der Waals surface area (Å²) in [5.41, 5.74) is 0. The summed E-state index contributed by atoms with van der Waals surface area (Å²) >= 11 is 0. The second-order valence-corrected chi connectivity index (χ2v) is 14.0. The van der Waals surface area contributed by atoms with E-state index >= 15 is 0 Å². The van der Waals surface area contributed by atoms with Crippen molar-refractivity contribution < 1.29 is 38.2 Å². The third-order valence-electron chi connectivity index (χ3n) is 8.15. The first kappa shape index (κ1) is 49.2. The van der Waals surface area contributed by atoms with Crippen LogP contribution in [0.15, 0.2) is 97.2 Å². The first-order valence-corrected chi connectivity index (χ1v) is 19.9. The number of nitrogens with zero attached hydrogens (tertiary/aromatic N) is 1. The summed E-state index contributed by atoms with van der Waals surface area (Å²) in [6.45, 7) is 4.37. The maximum absolute atomic E-state index is 12.6. The van der Waals surface area contributed by atoms with Crippen LogP contribution in [0.4, 0.5) is 0 Å². The van der Waals surface area contributed by atoms with Gasteiger partial charge in [-0.25, -0.2) is 0 Å². The van der Waals surface area contributed by atoms with E-state index in [1.54, 1.807) is 21.1 Å². The van der Waals surface area contributed by atoms with Crippen molar-refractivity contribution in [3.05, 3.63) is 97.2 Å². The van der Waals surface area contributed by atoms with Crippen molar-refractivity contribution in [2.45, 2.75) is 129 Å². The van der Waals surface area contributed by atoms with Gasteiger partial charge in [0.15, 0.2) is 6.10 Å². The lowest BCUT2D eigenvalue weighted by molar-refractivity contribution is -0.889. The number of carboxylic acid groups (broad SMARTS) is 1. The second-order valence-electron chi connectivity index (χ2n) is 14.0. The van der Waals surface area contributed by atoms with Gasteiger partial charge >= 0.3 is 11.9 Å². The Bertz CT molecular complexity index is 1180. The van der Waals surface area contributed by atoms with E-state index in [9.17, 15) is 19.5 Å². The zero-order chi connectivity index (χ0) is 39.3. The minimum absolute atomic E-state index is 0.0140. The number of unbranched alkanes of at least 4 members (excludes halogenated alkanes) is 9. The lowest BCUT2D eigenvalue weighted by atomic mass is 10.1. The number of allylic oxidation sites excluding steroid dienone is 16. The Balaban J connectivity index is 4.52. The highest BCUT2D eigenvalue weighted by Crippen LogP contribution is 2.11. The van der Waals surface area contributed by atoms with E-state index in [0.717, 1.165) is 64.2 Å². The molecule has 0 N–H and O–H groups in total. The van der Waals surface area contributed by atoms with E-state index < -0.39 is 18.1 Å². The molecule has 0 rings (SSSR count). The monoisotopic (exact) mass is 738 g/mol. The Morgan fingerprint density at radius 3 is 1.62 bits per heavy atom. The van der Waals surface area contributed by atoms with E-state index in [0.29, 0.717) is 6.42 Å². The molecule has 0 aromatic carbocycles. The largest absolute Gasteiger partial charge is 0.544 e. The Kier molecular flexibility index (Phi) is 32.8. The van der Waals surface area contributed by atoms with Crippen LogP contribution in [-0.2, 0) is 28.6 Å². The molecule has 0 aliphatic carbocycles. The average molecular weight is 738 g/mol. The number of likely N-dealkylation sites (N-methyl/N-ethyl adjacent to an activating group) is 1. The van der Waals surface area contributed by atoms with Crippen LogP contribution in [0.2, 0.25) is 0 Å². The molecule has 0 aliphatic heterocycles. The number of ether oxygens (including phenoxy) is 3. The number of carbonyl (C=O) groups excluding carboxylic acids is 3. The summed E-state index contributed by atoms with van der Waals surface area (Å²) in [7, 11) is 5.36. The van der Waals surface area contributed by atoms with E-state index in [1.807, 2.05) is 72.9 Å². The molecule has 0 heterocycles. The fourth-order valence-electron chi connectivity index (χ4n) is 5.03. The van der Waals surface area contributed by atoms with Gasteiger partial charge in [0, 0.05) is 19.3 Å². The van der Waals surface area contributed by atoms with Gasteiger partial charge in [0.1, 0.15) is 12.6 Å². The highest BCUT2D eigenvalue weighted by Gasteiger charge is 2.25. The van der Waals surface area contributed by atoms with Gasteiger partial charge in [0.05, 0.1) is 40.3 Å². The molecule has 0 aromatic heterocycles. The number of carboxylic acids is 1. The maximum atomic E-state index is 12.6. The molecule has 0 spiro atoms. The molecule has 2 atom stereocenters. The normalized spacial score (nSPS) is 14.1. The lowest BCUT2D eigenvalue weighted by Gasteiger charge is -2.34. The topological polar surface area (TPSA) is 102 Å². The molecule has 0 radical (unpaired) electrons. The fraction of sp³-hybridized carbons (Fsp3) is 0.578. The van der Waals surface area contributed by atoms with Gasteiger partial charge < -0.3 is 28.6 Å². The fourth-order valence-corrected chi connectivity index (χ4v) is 5.03. The molecule has 0 aliphatic rings. The number of aliphatic carboxylic acids is 1. The van der Waals surface area contributed by atoms with Crippen molar-refractivity contribution in [2.24, 2.45) is 0 Å². The minimum Gasteiger partial charge on any atom is -0.544 e. The van der Waals surface area contributed by atoms with Crippen LogP contribution in [0.5, 0.6) is 0 Å². The lowest BCUT2D eigenvalue weighted by Crippen LogP contribution is -2.55. The predicted molar refractivity (Wildman–Crippen MR) is 217 cm³/mol. The van der Waals surface area contributed by atoms with Crippen LogP contribution in [-0.4, -0.2) is 75.5 Å². The van der Waals surface area contributed by atoms with E-state index in [2.05, 4.69) is 38.2 Å². The standard InChI is InChI=1S/C45H71NO7/c1-6-8-10-12-14-16-18-19-20-21-22-23-24-25-26-28-29-31-33-35-43(47)52-40-41(39-51-38-37-42(45(49)50)46(3,4)5)53-44(48)36-34-32-30-27-17-15-13-11-9-7-2/h8,10,12-16,18-26,41-42H,6-7,9,11,17,27-40H2,1-5H3/b10-8+,14-12+,15-13+,18-16+,20-19+,22-21+,24-23+,26-25+. The van der Waals surface area contributed by atoms with E-state index in [4.69, 9.17) is 14.2 Å². The van der Waals surface area contributed by atoms with Crippen molar-refractivity contribution in [1.82, 2.24) is 0 Å². The van der Waals surface area contributed by atoms with Crippen molar-refractivity contribution in [3.8, 4) is 0 Å². The summed E-state index contributed by atoms with van der Waals surface area (Å²) in [5, 5.41) is 11.6. The summed E-state index contributed by atoms with van der Waals surface area (Å²) in [4.78, 5) is 36.7. The van der Waals surface area contributed by atoms with Gasteiger partial charge in [-0.15, -0.1) is 0 Å².